The van der Waals surface area contributed by atoms with E-state index in [0.29, 0.717) is 0 Å². The number of ether oxygens (including phenoxy) is 1. The highest BCUT2D eigenvalue weighted by atomic mass is 16.5. The van der Waals surface area contributed by atoms with Crippen LogP contribution in [0, 0.1) is 6.92 Å². The zero-order valence-corrected chi connectivity index (χ0v) is 10.2. The fourth-order valence-electron chi connectivity index (χ4n) is 2.03. The standard InChI is InChI=1S/C15H16O2/c1-11-6-8-12(9-7-11)14-5-3-4-13(14)10-15(16)17-2/h5-10H,3-4H2,1-2H3/b13-10-. The van der Waals surface area contributed by atoms with E-state index in [1.54, 1.807) is 6.08 Å². The van der Waals surface area contributed by atoms with Crippen LogP contribution in [0.4, 0.5) is 0 Å². The molecule has 2 rings (SSSR count). The van der Waals surface area contributed by atoms with Crippen molar-refractivity contribution in [1.29, 1.82) is 0 Å². The SMILES string of the molecule is COC(=O)/C=C1/CCC=C1c1ccc(C)cc1. The van der Waals surface area contributed by atoms with Crippen LogP contribution in [0.15, 0.2) is 42.0 Å². The molecule has 0 radical (unpaired) electrons. The second-order valence-corrected chi connectivity index (χ2v) is 4.22. The Balaban J connectivity index is 2.29. The summed E-state index contributed by atoms with van der Waals surface area (Å²) >= 11 is 0. The molecule has 0 aliphatic heterocycles. The van der Waals surface area contributed by atoms with Gasteiger partial charge >= 0.3 is 5.97 Å². The average molecular weight is 228 g/mol. The smallest absolute Gasteiger partial charge is 0.330 e. The molecule has 0 atom stereocenters. The van der Waals surface area contributed by atoms with Crippen molar-refractivity contribution in [2.75, 3.05) is 7.11 Å². The summed E-state index contributed by atoms with van der Waals surface area (Å²) in [7, 11) is 1.41. The molecule has 1 aliphatic rings. The monoisotopic (exact) mass is 228 g/mol. The summed E-state index contributed by atoms with van der Waals surface area (Å²) in [5.41, 5.74) is 4.64. The van der Waals surface area contributed by atoms with Gasteiger partial charge in [0.05, 0.1) is 7.11 Å². The van der Waals surface area contributed by atoms with E-state index in [2.05, 4.69) is 42.0 Å². The first-order valence-electron chi connectivity index (χ1n) is 5.77. The van der Waals surface area contributed by atoms with Crippen molar-refractivity contribution in [3.63, 3.8) is 0 Å². The van der Waals surface area contributed by atoms with Crippen LogP contribution in [-0.2, 0) is 9.53 Å². The molecule has 0 N–H and O–H groups in total. The number of esters is 1. The number of hydrogen-bond donors (Lipinski definition) is 0. The molecule has 1 aromatic rings. The lowest BCUT2D eigenvalue weighted by molar-refractivity contribution is -0.134. The topological polar surface area (TPSA) is 26.3 Å². The Labute approximate surface area is 102 Å². The van der Waals surface area contributed by atoms with Gasteiger partial charge in [-0.1, -0.05) is 35.9 Å². The van der Waals surface area contributed by atoms with E-state index in [-0.39, 0.29) is 5.97 Å². The van der Waals surface area contributed by atoms with E-state index >= 15 is 0 Å². The normalized spacial score (nSPS) is 17.1. The van der Waals surface area contributed by atoms with Gasteiger partial charge in [0, 0.05) is 6.08 Å². The molecule has 0 spiro atoms. The van der Waals surface area contributed by atoms with Gasteiger partial charge in [-0.15, -0.1) is 0 Å². The van der Waals surface area contributed by atoms with Crippen LogP contribution in [-0.4, -0.2) is 13.1 Å². The van der Waals surface area contributed by atoms with Crippen molar-refractivity contribution in [3.8, 4) is 0 Å². The summed E-state index contributed by atoms with van der Waals surface area (Å²) in [5, 5.41) is 0. The predicted molar refractivity (Wildman–Crippen MR) is 68.5 cm³/mol. The minimum Gasteiger partial charge on any atom is -0.466 e. The predicted octanol–water partition coefficient (Wildman–Crippen LogP) is 3.27. The zero-order chi connectivity index (χ0) is 12.3. The summed E-state index contributed by atoms with van der Waals surface area (Å²) in [6.07, 6.45) is 5.68. The summed E-state index contributed by atoms with van der Waals surface area (Å²) < 4.78 is 4.67. The van der Waals surface area contributed by atoms with E-state index in [4.69, 9.17) is 0 Å². The molecule has 2 heteroatoms. The first-order chi connectivity index (χ1) is 8.20. The van der Waals surface area contributed by atoms with Crippen LogP contribution < -0.4 is 0 Å². The third-order valence-electron chi connectivity index (χ3n) is 2.96. The second-order valence-electron chi connectivity index (χ2n) is 4.22. The van der Waals surface area contributed by atoms with Gasteiger partial charge in [-0.05, 0) is 36.5 Å². The molecule has 0 heterocycles. The lowest BCUT2D eigenvalue weighted by atomic mass is 9.99. The molecule has 0 fully saturated rings. The molecule has 0 unspecified atom stereocenters. The highest BCUT2D eigenvalue weighted by Gasteiger charge is 2.14. The van der Waals surface area contributed by atoms with Gasteiger partial charge in [-0.2, -0.15) is 0 Å². The second kappa shape index (κ2) is 5.00. The highest BCUT2D eigenvalue weighted by molar-refractivity contribution is 5.91. The number of carbonyl (C=O) groups excluding carboxylic acids is 1. The van der Waals surface area contributed by atoms with Crippen molar-refractivity contribution in [2.24, 2.45) is 0 Å². The molecule has 88 valence electrons. The Morgan fingerprint density at radius 1 is 1.29 bits per heavy atom. The Morgan fingerprint density at radius 3 is 2.65 bits per heavy atom. The van der Waals surface area contributed by atoms with Gasteiger partial charge in [0.25, 0.3) is 0 Å². The maximum atomic E-state index is 11.3. The first kappa shape index (κ1) is 11.6. The molecule has 0 saturated heterocycles. The number of methoxy groups -OCH3 is 1. The molecule has 0 bridgehead atoms. The summed E-state index contributed by atoms with van der Waals surface area (Å²) in [6, 6.07) is 8.36. The third-order valence-corrected chi connectivity index (χ3v) is 2.96. The quantitative estimate of drug-likeness (QED) is 0.573. The summed E-state index contributed by atoms with van der Waals surface area (Å²) in [4.78, 5) is 11.3. The number of hydrogen-bond acceptors (Lipinski definition) is 2. The summed E-state index contributed by atoms with van der Waals surface area (Å²) in [5.74, 6) is -0.278. The van der Waals surface area contributed by atoms with Gasteiger partial charge in [0.1, 0.15) is 0 Å². The van der Waals surface area contributed by atoms with Crippen LogP contribution in [0.3, 0.4) is 0 Å². The number of benzene rings is 1. The molecule has 0 saturated carbocycles. The number of carbonyl (C=O) groups is 1. The number of allylic oxidation sites excluding steroid dienone is 3. The van der Waals surface area contributed by atoms with Gasteiger partial charge in [-0.25, -0.2) is 4.79 Å². The van der Waals surface area contributed by atoms with Crippen LogP contribution in [0.2, 0.25) is 0 Å². The van der Waals surface area contributed by atoms with E-state index in [0.717, 1.165) is 24.0 Å². The van der Waals surface area contributed by atoms with Gasteiger partial charge < -0.3 is 4.74 Å². The molecule has 1 aromatic carbocycles. The van der Waals surface area contributed by atoms with Crippen molar-refractivity contribution in [2.45, 2.75) is 19.8 Å². The Morgan fingerprint density at radius 2 is 2.00 bits per heavy atom. The molecule has 0 aromatic heterocycles. The highest BCUT2D eigenvalue weighted by Crippen LogP contribution is 2.33. The van der Waals surface area contributed by atoms with Crippen molar-refractivity contribution >= 4 is 11.5 Å². The molecule has 1 aliphatic carbocycles. The molecule has 17 heavy (non-hydrogen) atoms. The van der Waals surface area contributed by atoms with Gasteiger partial charge in [0.15, 0.2) is 0 Å². The van der Waals surface area contributed by atoms with Crippen LogP contribution in [0.1, 0.15) is 24.0 Å². The Bertz CT molecular complexity index is 478. The number of aryl methyl sites for hydroxylation is 1. The fourth-order valence-corrected chi connectivity index (χ4v) is 2.03. The lowest BCUT2D eigenvalue weighted by Gasteiger charge is -2.06. The average Bonchev–Trinajstić information content (AvgIpc) is 2.78. The minimum absolute atomic E-state index is 0.278. The maximum absolute atomic E-state index is 11.3. The largest absolute Gasteiger partial charge is 0.466 e. The van der Waals surface area contributed by atoms with Crippen LogP contribution in [0.5, 0.6) is 0 Å². The van der Waals surface area contributed by atoms with E-state index in [1.807, 2.05) is 0 Å². The van der Waals surface area contributed by atoms with E-state index in [1.165, 1.54) is 18.2 Å². The van der Waals surface area contributed by atoms with E-state index < -0.39 is 0 Å². The molecular formula is C15H16O2. The van der Waals surface area contributed by atoms with Crippen molar-refractivity contribution < 1.29 is 9.53 Å². The molecule has 2 nitrogen and oxygen atoms in total. The summed E-state index contributed by atoms with van der Waals surface area (Å²) in [6.45, 7) is 2.07. The maximum Gasteiger partial charge on any atom is 0.330 e. The van der Waals surface area contributed by atoms with Crippen molar-refractivity contribution in [1.82, 2.24) is 0 Å². The van der Waals surface area contributed by atoms with E-state index in [9.17, 15) is 4.79 Å². The van der Waals surface area contributed by atoms with Crippen LogP contribution in [0.25, 0.3) is 5.57 Å². The Hall–Kier alpha value is -1.83. The lowest BCUT2D eigenvalue weighted by Crippen LogP contribution is -1.97. The van der Waals surface area contributed by atoms with Gasteiger partial charge in [-0.3, -0.25) is 0 Å². The zero-order valence-electron chi connectivity index (χ0n) is 10.2. The fraction of sp³-hybridized carbons (Fsp3) is 0.267. The molecule has 0 amide bonds. The first-order valence-corrected chi connectivity index (χ1v) is 5.77. The third kappa shape index (κ3) is 2.64. The molecular weight excluding hydrogens is 212 g/mol. The van der Waals surface area contributed by atoms with Gasteiger partial charge in [0.2, 0.25) is 0 Å². The number of rotatable bonds is 2. The van der Waals surface area contributed by atoms with Crippen molar-refractivity contribution in [3.05, 3.63) is 53.1 Å². The minimum atomic E-state index is -0.278. The Kier molecular flexibility index (Phi) is 3.43. The van der Waals surface area contributed by atoms with Crippen LogP contribution >= 0.6 is 0 Å².